The normalized spacial score (nSPS) is 11.3. The number of rotatable bonds is 11. The number of nitrogens with zero attached hydrogens (tertiary/aromatic N) is 2. The maximum Gasteiger partial charge on any atom is 0.260 e. The summed E-state index contributed by atoms with van der Waals surface area (Å²) in [7, 11) is 1.55. The van der Waals surface area contributed by atoms with Crippen molar-refractivity contribution in [2.45, 2.75) is 13.8 Å². The molecule has 0 aliphatic rings. The van der Waals surface area contributed by atoms with Crippen LogP contribution >= 0.6 is 0 Å². The van der Waals surface area contributed by atoms with Crippen LogP contribution in [-0.4, -0.2) is 41.6 Å². The lowest BCUT2D eigenvalue weighted by atomic mass is 10.2. The van der Waals surface area contributed by atoms with Gasteiger partial charge in [0.15, 0.2) is 23.6 Å². The highest BCUT2D eigenvalue weighted by Gasteiger charge is 2.19. The van der Waals surface area contributed by atoms with E-state index in [1.54, 1.807) is 61.8 Å². The number of hydrazine groups is 1. The molecule has 0 unspecified atom stereocenters. The highest BCUT2D eigenvalue weighted by Crippen LogP contribution is 2.33. The van der Waals surface area contributed by atoms with Crippen LogP contribution in [-0.2, 0) is 14.4 Å². The molecule has 4 aromatic rings. The molecule has 9 nitrogen and oxygen atoms in total. The number of halogens is 1. The van der Waals surface area contributed by atoms with Gasteiger partial charge in [0.2, 0.25) is 0 Å². The van der Waals surface area contributed by atoms with Crippen molar-refractivity contribution in [1.29, 1.82) is 0 Å². The van der Waals surface area contributed by atoms with Crippen molar-refractivity contribution >= 4 is 40.3 Å². The molecule has 0 fully saturated rings. The number of methoxy groups -OCH3 is 1. The van der Waals surface area contributed by atoms with Crippen LogP contribution in [0.3, 0.4) is 0 Å². The molecule has 0 saturated heterocycles. The summed E-state index contributed by atoms with van der Waals surface area (Å²) in [6.45, 7) is 2.84. The number of para-hydroxylation sites is 1. The molecule has 4 rings (SSSR count). The standard InChI is InChI=1S/C30H27FN4O5/c1-19(37)17-35(34-21-7-5-4-6-8-21)20(2)25(18-36)30(38)33-22-9-12-29(26(31)15-22)40-28-13-14-32-27-16-23(39-3)10-11-24(27)28/h4-16,18,34H,17H2,1-3H3,(H,33,38)/b25-20+. The molecule has 1 heterocycles. The van der Waals surface area contributed by atoms with Crippen LogP contribution in [0.2, 0.25) is 0 Å². The minimum Gasteiger partial charge on any atom is -0.497 e. The van der Waals surface area contributed by atoms with Crippen molar-refractivity contribution in [2.75, 3.05) is 24.4 Å². The van der Waals surface area contributed by atoms with E-state index in [0.29, 0.717) is 34.4 Å². The Labute approximate surface area is 230 Å². The SMILES string of the molecule is COc1ccc2c(Oc3ccc(NC(=O)/C(C=O)=C(\C)N(CC(C)=O)Nc4ccccc4)cc3F)ccnc2c1. The van der Waals surface area contributed by atoms with Crippen LogP contribution < -0.4 is 20.2 Å². The number of benzene rings is 3. The summed E-state index contributed by atoms with van der Waals surface area (Å²) in [5, 5.41) is 4.61. The predicted octanol–water partition coefficient (Wildman–Crippen LogP) is 5.50. The number of ketones is 1. The average molecular weight is 543 g/mol. The zero-order valence-electron chi connectivity index (χ0n) is 22.1. The van der Waals surface area contributed by atoms with Gasteiger partial charge in [-0.15, -0.1) is 0 Å². The summed E-state index contributed by atoms with van der Waals surface area (Å²) in [6.07, 6.45) is 1.93. The van der Waals surface area contributed by atoms with Gasteiger partial charge in [0.1, 0.15) is 17.1 Å². The Morgan fingerprint density at radius 3 is 2.42 bits per heavy atom. The number of carbonyl (C=O) groups is 3. The van der Waals surface area contributed by atoms with Crippen LogP contribution in [0.1, 0.15) is 13.8 Å². The number of hydrogen-bond donors (Lipinski definition) is 2. The minimum absolute atomic E-state index is 0.0663. The summed E-state index contributed by atoms with van der Waals surface area (Å²) in [4.78, 5) is 41.1. The van der Waals surface area contributed by atoms with Crippen molar-refractivity contribution in [3.8, 4) is 17.2 Å². The molecule has 2 N–H and O–H groups in total. The fraction of sp³-hybridized carbons (Fsp3) is 0.133. The van der Waals surface area contributed by atoms with Gasteiger partial charge in [-0.2, -0.15) is 0 Å². The number of hydrogen-bond acceptors (Lipinski definition) is 8. The van der Waals surface area contributed by atoms with Crippen molar-refractivity contribution < 1.29 is 28.2 Å². The quantitative estimate of drug-likeness (QED) is 0.0840. The van der Waals surface area contributed by atoms with Crippen LogP contribution in [0.25, 0.3) is 10.9 Å². The number of ether oxygens (including phenoxy) is 2. The summed E-state index contributed by atoms with van der Waals surface area (Å²) in [5.41, 5.74) is 4.40. The van der Waals surface area contributed by atoms with Gasteiger partial charge in [0.25, 0.3) is 5.91 Å². The lowest BCUT2D eigenvalue weighted by molar-refractivity contribution is -0.118. The van der Waals surface area contributed by atoms with Crippen LogP contribution in [0.4, 0.5) is 15.8 Å². The highest BCUT2D eigenvalue weighted by atomic mass is 19.1. The number of amides is 1. The second-order valence-corrected chi connectivity index (χ2v) is 8.78. The maximum absolute atomic E-state index is 15.0. The van der Waals surface area contributed by atoms with Crippen molar-refractivity contribution in [3.63, 3.8) is 0 Å². The van der Waals surface area contributed by atoms with Gasteiger partial charge in [-0.3, -0.25) is 29.8 Å². The Morgan fingerprint density at radius 1 is 0.975 bits per heavy atom. The van der Waals surface area contributed by atoms with E-state index in [1.165, 1.54) is 31.0 Å². The topological polar surface area (TPSA) is 110 Å². The van der Waals surface area contributed by atoms with Crippen molar-refractivity contribution in [2.24, 2.45) is 0 Å². The van der Waals surface area contributed by atoms with E-state index in [4.69, 9.17) is 9.47 Å². The molecular formula is C30H27FN4O5. The number of fused-ring (bicyclic) bond motifs is 1. The van der Waals surface area contributed by atoms with Gasteiger partial charge in [-0.1, -0.05) is 18.2 Å². The third kappa shape index (κ3) is 6.60. The van der Waals surface area contributed by atoms with Crippen LogP contribution in [0.15, 0.2) is 90.3 Å². The number of carbonyl (C=O) groups excluding carboxylic acids is 3. The summed E-state index contributed by atoms with van der Waals surface area (Å²) in [6, 6.07) is 19.8. The molecule has 0 radical (unpaired) electrons. The lowest BCUT2D eigenvalue weighted by Crippen LogP contribution is -2.35. The first-order valence-corrected chi connectivity index (χ1v) is 12.2. The third-order valence-corrected chi connectivity index (χ3v) is 5.90. The van der Waals surface area contributed by atoms with E-state index in [2.05, 4.69) is 15.7 Å². The Morgan fingerprint density at radius 2 is 1.75 bits per heavy atom. The zero-order valence-corrected chi connectivity index (χ0v) is 22.1. The fourth-order valence-electron chi connectivity index (χ4n) is 3.88. The molecule has 0 aliphatic heterocycles. The Bertz CT molecular complexity index is 1590. The number of aldehydes is 1. The minimum atomic E-state index is -0.766. The second kappa shape index (κ2) is 12.5. The number of pyridine rings is 1. The van der Waals surface area contributed by atoms with E-state index < -0.39 is 11.7 Å². The third-order valence-electron chi connectivity index (χ3n) is 5.90. The second-order valence-electron chi connectivity index (χ2n) is 8.78. The first-order valence-electron chi connectivity index (χ1n) is 12.2. The number of nitrogens with one attached hydrogen (secondary N) is 2. The highest BCUT2D eigenvalue weighted by molar-refractivity contribution is 6.17. The number of Topliss-reactive ketones (excluding diaryl/α,β-unsaturated/α-hetero) is 1. The van der Waals surface area contributed by atoms with E-state index in [1.807, 2.05) is 6.07 Å². The average Bonchev–Trinajstić information content (AvgIpc) is 2.94. The molecule has 0 spiro atoms. The van der Waals surface area contributed by atoms with Crippen molar-refractivity contribution in [3.05, 3.63) is 96.1 Å². The largest absolute Gasteiger partial charge is 0.497 e. The predicted molar refractivity (Wildman–Crippen MR) is 150 cm³/mol. The molecule has 204 valence electrons. The first-order chi connectivity index (χ1) is 19.3. The Balaban J connectivity index is 1.54. The summed E-state index contributed by atoms with van der Waals surface area (Å²) >= 11 is 0. The van der Waals surface area contributed by atoms with E-state index in [0.717, 1.165) is 6.07 Å². The zero-order chi connectivity index (χ0) is 28.6. The van der Waals surface area contributed by atoms with E-state index in [9.17, 15) is 14.4 Å². The molecule has 3 aromatic carbocycles. The van der Waals surface area contributed by atoms with Crippen LogP contribution in [0.5, 0.6) is 17.2 Å². The van der Waals surface area contributed by atoms with Gasteiger partial charge in [-0.25, -0.2) is 4.39 Å². The Kier molecular flexibility index (Phi) is 8.70. The summed E-state index contributed by atoms with van der Waals surface area (Å²) < 4.78 is 26.0. The molecule has 1 aromatic heterocycles. The van der Waals surface area contributed by atoms with Crippen molar-refractivity contribution in [1.82, 2.24) is 9.99 Å². The van der Waals surface area contributed by atoms with Gasteiger partial charge in [0.05, 0.1) is 24.9 Å². The van der Waals surface area contributed by atoms with Gasteiger partial charge in [-0.05, 0) is 56.3 Å². The number of allylic oxidation sites excluding steroid dienone is 1. The Hall–Kier alpha value is -5.25. The number of anilines is 2. The molecule has 0 aliphatic carbocycles. The molecule has 1 amide bonds. The van der Waals surface area contributed by atoms with E-state index in [-0.39, 0.29) is 35.0 Å². The smallest absolute Gasteiger partial charge is 0.260 e. The maximum atomic E-state index is 15.0. The molecule has 0 bridgehead atoms. The first kappa shape index (κ1) is 27.8. The monoisotopic (exact) mass is 542 g/mol. The van der Waals surface area contributed by atoms with Crippen LogP contribution in [0, 0.1) is 5.82 Å². The molecule has 40 heavy (non-hydrogen) atoms. The van der Waals surface area contributed by atoms with Gasteiger partial charge >= 0.3 is 0 Å². The molecular weight excluding hydrogens is 515 g/mol. The fourth-order valence-corrected chi connectivity index (χ4v) is 3.88. The number of aromatic nitrogens is 1. The lowest BCUT2D eigenvalue weighted by Gasteiger charge is -2.27. The molecule has 0 atom stereocenters. The summed E-state index contributed by atoms with van der Waals surface area (Å²) in [5.74, 6) is -0.730. The van der Waals surface area contributed by atoms with E-state index >= 15 is 4.39 Å². The van der Waals surface area contributed by atoms with Gasteiger partial charge in [0, 0.05) is 35.1 Å². The molecule has 10 heteroatoms. The molecule has 0 saturated carbocycles. The van der Waals surface area contributed by atoms with Gasteiger partial charge < -0.3 is 14.8 Å².